The predicted octanol–water partition coefficient (Wildman–Crippen LogP) is 5.67. The van der Waals surface area contributed by atoms with Crippen molar-refractivity contribution in [1.29, 1.82) is 0 Å². The Hall–Kier alpha value is -0.700. The zero-order chi connectivity index (χ0) is 16.3. The van der Waals surface area contributed by atoms with Crippen LogP contribution < -0.4 is 0 Å². The summed E-state index contributed by atoms with van der Waals surface area (Å²) in [5.74, 6) is -1.57. The van der Waals surface area contributed by atoms with Gasteiger partial charge in [-0.25, -0.2) is 19.4 Å². The molecule has 0 heterocycles. The van der Waals surface area contributed by atoms with Gasteiger partial charge in [0.2, 0.25) is 0 Å². The van der Waals surface area contributed by atoms with Crippen molar-refractivity contribution in [2.75, 3.05) is 0 Å². The third-order valence-electron chi connectivity index (χ3n) is 2.54. The lowest BCUT2D eigenvalue weighted by atomic mass is 10.2. The highest BCUT2D eigenvalue weighted by atomic mass is 79.9. The SMILES string of the molecule is O=C(OOC(=O)c1cccc(Br)c1Br)c1cccc(Br)c1Br. The Bertz CT molecular complexity index is 682. The monoisotopic (exact) mass is 554 g/mol. The fourth-order valence-electron chi connectivity index (χ4n) is 1.49. The first-order valence-corrected chi connectivity index (χ1v) is 8.90. The van der Waals surface area contributed by atoms with Gasteiger partial charge in [0.15, 0.2) is 0 Å². The summed E-state index contributed by atoms with van der Waals surface area (Å²) in [5, 5.41) is 0. The van der Waals surface area contributed by atoms with E-state index in [-0.39, 0.29) is 11.1 Å². The van der Waals surface area contributed by atoms with Gasteiger partial charge in [0.05, 0.1) is 11.1 Å². The molecule has 0 fully saturated rings. The van der Waals surface area contributed by atoms with E-state index in [4.69, 9.17) is 0 Å². The quantitative estimate of drug-likeness (QED) is 0.353. The molecule has 4 nitrogen and oxygen atoms in total. The number of carbonyl (C=O) groups excluding carboxylic acids is 2. The normalized spacial score (nSPS) is 10.2. The van der Waals surface area contributed by atoms with Gasteiger partial charge in [-0.2, -0.15) is 0 Å². The van der Waals surface area contributed by atoms with Crippen molar-refractivity contribution in [3.05, 3.63) is 65.4 Å². The molecule has 0 spiro atoms. The van der Waals surface area contributed by atoms with Crippen molar-refractivity contribution in [3.8, 4) is 0 Å². The highest BCUT2D eigenvalue weighted by Gasteiger charge is 2.19. The fraction of sp³-hybridized carbons (Fsp3) is 0. The maximum Gasteiger partial charge on any atom is 0.387 e. The molecule has 22 heavy (non-hydrogen) atoms. The van der Waals surface area contributed by atoms with E-state index in [0.29, 0.717) is 17.9 Å². The van der Waals surface area contributed by atoms with Crippen LogP contribution in [0.25, 0.3) is 0 Å². The van der Waals surface area contributed by atoms with Gasteiger partial charge in [0.1, 0.15) is 0 Å². The van der Waals surface area contributed by atoms with Gasteiger partial charge in [0.25, 0.3) is 0 Å². The van der Waals surface area contributed by atoms with E-state index in [9.17, 15) is 9.59 Å². The molecule has 0 saturated heterocycles. The van der Waals surface area contributed by atoms with Gasteiger partial charge in [-0.05, 0) is 88.0 Å². The molecule has 0 aliphatic carbocycles. The maximum absolute atomic E-state index is 11.9. The summed E-state index contributed by atoms with van der Waals surface area (Å²) < 4.78 is 2.39. The van der Waals surface area contributed by atoms with Crippen molar-refractivity contribution in [3.63, 3.8) is 0 Å². The smallest absolute Gasteiger partial charge is 0.241 e. The molecule has 0 aromatic heterocycles. The van der Waals surface area contributed by atoms with E-state index in [1.165, 1.54) is 0 Å². The second-order valence-corrected chi connectivity index (χ2v) is 7.24. The first-order chi connectivity index (χ1) is 10.4. The Balaban J connectivity index is 2.09. The largest absolute Gasteiger partial charge is 0.387 e. The Kier molecular flexibility index (Phi) is 6.19. The van der Waals surface area contributed by atoms with Crippen molar-refractivity contribution in [2.45, 2.75) is 0 Å². The summed E-state index contributed by atoms with van der Waals surface area (Å²) in [4.78, 5) is 33.1. The Morgan fingerprint density at radius 3 is 1.41 bits per heavy atom. The van der Waals surface area contributed by atoms with Crippen LogP contribution in [-0.4, -0.2) is 11.9 Å². The van der Waals surface area contributed by atoms with Crippen molar-refractivity contribution in [2.24, 2.45) is 0 Å². The highest BCUT2D eigenvalue weighted by Crippen LogP contribution is 2.28. The number of hydrogen-bond acceptors (Lipinski definition) is 4. The molecule has 2 aromatic carbocycles. The van der Waals surface area contributed by atoms with Crippen LogP contribution in [-0.2, 0) is 9.78 Å². The van der Waals surface area contributed by atoms with Crippen LogP contribution in [0.1, 0.15) is 20.7 Å². The molecule has 0 aliphatic rings. The molecular formula is C14H6Br4O4. The molecule has 0 aliphatic heterocycles. The molecule has 0 N–H and O–H groups in total. The minimum atomic E-state index is -0.785. The second kappa shape index (κ2) is 7.72. The van der Waals surface area contributed by atoms with E-state index in [1.54, 1.807) is 36.4 Å². The number of halogens is 4. The lowest BCUT2D eigenvalue weighted by Crippen LogP contribution is -2.13. The molecule has 0 unspecified atom stereocenters. The lowest BCUT2D eigenvalue weighted by molar-refractivity contribution is -0.187. The van der Waals surface area contributed by atoms with Crippen molar-refractivity contribution in [1.82, 2.24) is 0 Å². The third kappa shape index (κ3) is 3.98. The van der Waals surface area contributed by atoms with Crippen molar-refractivity contribution < 1.29 is 19.4 Å². The van der Waals surface area contributed by atoms with Crippen LogP contribution in [0.4, 0.5) is 0 Å². The van der Waals surface area contributed by atoms with Gasteiger partial charge >= 0.3 is 11.9 Å². The maximum atomic E-state index is 11.9. The van der Waals surface area contributed by atoms with E-state index in [1.807, 2.05) is 0 Å². The van der Waals surface area contributed by atoms with Crippen molar-refractivity contribution >= 4 is 75.7 Å². The first-order valence-electron chi connectivity index (χ1n) is 5.73. The third-order valence-corrected chi connectivity index (χ3v) is 6.63. The van der Waals surface area contributed by atoms with Gasteiger partial charge in [0, 0.05) is 17.9 Å². The Labute approximate surface area is 159 Å². The second-order valence-electron chi connectivity index (χ2n) is 3.94. The standard InChI is InChI=1S/C14H6Br4O4/c15-9-5-1-3-7(11(9)17)13(19)21-22-14(20)8-4-2-6-10(16)12(8)18/h1-6H. The van der Waals surface area contributed by atoms with E-state index >= 15 is 0 Å². The van der Waals surface area contributed by atoms with Gasteiger partial charge < -0.3 is 0 Å². The first kappa shape index (κ1) is 17.7. The lowest BCUT2D eigenvalue weighted by Gasteiger charge is -2.07. The summed E-state index contributed by atoms with van der Waals surface area (Å²) in [6.07, 6.45) is 0. The highest BCUT2D eigenvalue weighted by molar-refractivity contribution is 9.13. The van der Waals surface area contributed by atoms with Crippen LogP contribution in [0.3, 0.4) is 0 Å². The molecule has 114 valence electrons. The summed E-state index contributed by atoms with van der Waals surface area (Å²) in [5.41, 5.74) is 0.464. The van der Waals surface area contributed by atoms with Gasteiger partial charge in [-0.15, -0.1) is 0 Å². The molecule has 2 rings (SSSR count). The van der Waals surface area contributed by atoms with Crippen LogP contribution in [0, 0.1) is 0 Å². The van der Waals surface area contributed by atoms with E-state index in [2.05, 4.69) is 73.5 Å². The molecule has 0 bridgehead atoms. The minimum absolute atomic E-state index is 0.232. The molecular weight excluding hydrogens is 552 g/mol. The van der Waals surface area contributed by atoms with Crippen LogP contribution in [0.5, 0.6) is 0 Å². The average Bonchev–Trinajstić information content (AvgIpc) is 2.50. The predicted molar refractivity (Wildman–Crippen MR) is 94.5 cm³/mol. The molecule has 8 heteroatoms. The van der Waals surface area contributed by atoms with E-state index < -0.39 is 11.9 Å². The molecule has 0 saturated carbocycles. The van der Waals surface area contributed by atoms with E-state index in [0.717, 1.165) is 0 Å². The summed E-state index contributed by atoms with van der Waals surface area (Å²) in [6, 6.07) is 9.92. The Morgan fingerprint density at radius 2 is 1.05 bits per heavy atom. The average molecular weight is 558 g/mol. The Morgan fingerprint density at radius 1 is 0.682 bits per heavy atom. The molecule has 2 aromatic rings. The van der Waals surface area contributed by atoms with Crippen LogP contribution in [0.15, 0.2) is 54.3 Å². The zero-order valence-electron chi connectivity index (χ0n) is 10.6. The summed E-state index contributed by atoms with van der Waals surface area (Å²) in [6.45, 7) is 0. The zero-order valence-corrected chi connectivity index (χ0v) is 17.0. The molecule has 0 amide bonds. The topological polar surface area (TPSA) is 52.6 Å². The van der Waals surface area contributed by atoms with Gasteiger partial charge in [-0.1, -0.05) is 12.1 Å². The molecule has 0 radical (unpaired) electrons. The number of hydrogen-bond donors (Lipinski definition) is 0. The fourth-order valence-corrected chi connectivity index (χ4v) is 3.07. The minimum Gasteiger partial charge on any atom is -0.241 e. The summed E-state index contributed by atoms with van der Waals surface area (Å²) >= 11 is 13.1. The van der Waals surface area contributed by atoms with Gasteiger partial charge in [-0.3, -0.25) is 0 Å². The number of rotatable bonds is 2. The van der Waals surface area contributed by atoms with Crippen LogP contribution >= 0.6 is 63.7 Å². The number of benzene rings is 2. The summed E-state index contributed by atoms with van der Waals surface area (Å²) in [7, 11) is 0. The van der Waals surface area contributed by atoms with Crippen LogP contribution in [0.2, 0.25) is 0 Å². The molecule has 0 atom stereocenters. The number of carbonyl (C=O) groups is 2.